The van der Waals surface area contributed by atoms with E-state index in [0.29, 0.717) is 5.88 Å². The highest BCUT2D eigenvalue weighted by molar-refractivity contribution is 5.44. The SMILES string of the molecule is COc1ccc(NCC2Cc3cc(C)ccc3O2)cn1. The molecule has 4 heteroatoms. The third-order valence-corrected chi connectivity index (χ3v) is 3.44. The molecule has 20 heavy (non-hydrogen) atoms. The van der Waals surface area contributed by atoms with Gasteiger partial charge in [-0.3, -0.25) is 0 Å². The summed E-state index contributed by atoms with van der Waals surface area (Å²) in [4.78, 5) is 4.17. The number of pyridine rings is 1. The molecule has 1 atom stereocenters. The Morgan fingerprint density at radius 3 is 3.00 bits per heavy atom. The zero-order valence-electron chi connectivity index (χ0n) is 11.7. The Kier molecular flexibility index (Phi) is 3.46. The molecule has 1 unspecified atom stereocenters. The number of fused-ring (bicyclic) bond motifs is 1. The summed E-state index contributed by atoms with van der Waals surface area (Å²) < 4.78 is 11.0. The van der Waals surface area contributed by atoms with Gasteiger partial charge in [0.05, 0.1) is 25.5 Å². The lowest BCUT2D eigenvalue weighted by molar-refractivity contribution is 0.246. The molecule has 1 N–H and O–H groups in total. The second-order valence-corrected chi connectivity index (χ2v) is 5.03. The number of anilines is 1. The molecule has 0 saturated carbocycles. The van der Waals surface area contributed by atoms with Crippen LogP contribution < -0.4 is 14.8 Å². The van der Waals surface area contributed by atoms with Gasteiger partial charge in [-0.1, -0.05) is 17.7 Å². The normalized spacial score (nSPS) is 16.4. The molecule has 0 radical (unpaired) electrons. The van der Waals surface area contributed by atoms with Crippen molar-refractivity contribution in [3.63, 3.8) is 0 Å². The van der Waals surface area contributed by atoms with Crippen molar-refractivity contribution in [3.8, 4) is 11.6 Å². The van der Waals surface area contributed by atoms with Crippen LogP contribution >= 0.6 is 0 Å². The van der Waals surface area contributed by atoms with Crippen molar-refractivity contribution in [3.05, 3.63) is 47.7 Å². The van der Waals surface area contributed by atoms with Gasteiger partial charge < -0.3 is 14.8 Å². The van der Waals surface area contributed by atoms with E-state index in [-0.39, 0.29) is 6.10 Å². The molecule has 0 saturated heterocycles. The van der Waals surface area contributed by atoms with Crippen molar-refractivity contribution < 1.29 is 9.47 Å². The van der Waals surface area contributed by atoms with Crippen LogP contribution in [0.2, 0.25) is 0 Å². The van der Waals surface area contributed by atoms with Gasteiger partial charge in [0.1, 0.15) is 11.9 Å². The number of nitrogens with one attached hydrogen (secondary N) is 1. The van der Waals surface area contributed by atoms with Crippen LogP contribution in [0, 0.1) is 6.92 Å². The monoisotopic (exact) mass is 270 g/mol. The van der Waals surface area contributed by atoms with Crippen LogP contribution in [-0.2, 0) is 6.42 Å². The van der Waals surface area contributed by atoms with Crippen LogP contribution in [0.5, 0.6) is 11.6 Å². The maximum atomic E-state index is 5.92. The number of hydrogen-bond acceptors (Lipinski definition) is 4. The van der Waals surface area contributed by atoms with Gasteiger partial charge in [-0.25, -0.2) is 4.98 Å². The number of benzene rings is 1. The fourth-order valence-corrected chi connectivity index (χ4v) is 2.40. The Bertz CT molecular complexity index is 596. The molecule has 0 bridgehead atoms. The summed E-state index contributed by atoms with van der Waals surface area (Å²) in [6.45, 7) is 2.87. The van der Waals surface area contributed by atoms with Crippen molar-refractivity contribution in [2.45, 2.75) is 19.4 Å². The first-order valence-electron chi connectivity index (χ1n) is 6.75. The van der Waals surface area contributed by atoms with E-state index >= 15 is 0 Å². The molecular formula is C16H18N2O2. The van der Waals surface area contributed by atoms with Gasteiger partial charge in [0.25, 0.3) is 0 Å². The second-order valence-electron chi connectivity index (χ2n) is 5.03. The quantitative estimate of drug-likeness (QED) is 0.927. The molecule has 2 aromatic rings. The van der Waals surface area contributed by atoms with Crippen LogP contribution in [-0.4, -0.2) is 24.7 Å². The lowest BCUT2D eigenvalue weighted by Gasteiger charge is -2.12. The van der Waals surface area contributed by atoms with Gasteiger partial charge in [0.15, 0.2) is 0 Å². The van der Waals surface area contributed by atoms with Crippen molar-refractivity contribution in [1.29, 1.82) is 0 Å². The Hall–Kier alpha value is -2.23. The second kappa shape index (κ2) is 5.41. The first-order chi connectivity index (χ1) is 9.74. The summed E-state index contributed by atoms with van der Waals surface area (Å²) in [5, 5.41) is 3.34. The maximum Gasteiger partial charge on any atom is 0.213 e. The van der Waals surface area contributed by atoms with E-state index in [9.17, 15) is 0 Å². The lowest BCUT2D eigenvalue weighted by Crippen LogP contribution is -2.23. The van der Waals surface area contributed by atoms with Gasteiger partial charge in [-0.05, 0) is 24.6 Å². The minimum absolute atomic E-state index is 0.175. The summed E-state index contributed by atoms with van der Waals surface area (Å²) in [5.74, 6) is 1.63. The summed E-state index contributed by atoms with van der Waals surface area (Å²) >= 11 is 0. The zero-order valence-corrected chi connectivity index (χ0v) is 11.7. The molecule has 2 heterocycles. The summed E-state index contributed by atoms with van der Waals surface area (Å²) in [7, 11) is 1.61. The van der Waals surface area contributed by atoms with Crippen LogP contribution in [0.15, 0.2) is 36.5 Å². The number of aromatic nitrogens is 1. The largest absolute Gasteiger partial charge is 0.488 e. The van der Waals surface area contributed by atoms with E-state index in [1.807, 2.05) is 12.1 Å². The van der Waals surface area contributed by atoms with E-state index in [2.05, 4.69) is 35.4 Å². The molecule has 4 nitrogen and oxygen atoms in total. The van der Waals surface area contributed by atoms with Gasteiger partial charge in [0, 0.05) is 12.5 Å². The van der Waals surface area contributed by atoms with E-state index < -0.39 is 0 Å². The molecule has 0 spiro atoms. The van der Waals surface area contributed by atoms with Crippen molar-refractivity contribution >= 4 is 5.69 Å². The van der Waals surface area contributed by atoms with Crippen LogP contribution in [0.3, 0.4) is 0 Å². The van der Waals surface area contributed by atoms with E-state index in [1.54, 1.807) is 13.3 Å². The number of ether oxygens (including phenoxy) is 2. The maximum absolute atomic E-state index is 5.92. The molecule has 1 aliphatic heterocycles. The fraction of sp³-hybridized carbons (Fsp3) is 0.312. The van der Waals surface area contributed by atoms with E-state index in [0.717, 1.165) is 24.4 Å². The topological polar surface area (TPSA) is 43.4 Å². The highest BCUT2D eigenvalue weighted by Gasteiger charge is 2.22. The minimum atomic E-state index is 0.175. The molecule has 0 amide bonds. The van der Waals surface area contributed by atoms with Crippen molar-refractivity contribution in [1.82, 2.24) is 4.98 Å². The molecule has 104 valence electrons. The Morgan fingerprint density at radius 2 is 2.25 bits per heavy atom. The number of methoxy groups -OCH3 is 1. The highest BCUT2D eigenvalue weighted by Crippen LogP contribution is 2.29. The predicted octanol–water partition coefficient (Wildman–Crippen LogP) is 2.81. The number of nitrogens with zero attached hydrogens (tertiary/aromatic N) is 1. The Balaban J connectivity index is 1.58. The molecule has 0 aliphatic carbocycles. The number of rotatable bonds is 4. The fourth-order valence-electron chi connectivity index (χ4n) is 2.40. The van der Waals surface area contributed by atoms with Crippen molar-refractivity contribution in [2.75, 3.05) is 19.0 Å². The van der Waals surface area contributed by atoms with Gasteiger partial charge in [-0.2, -0.15) is 0 Å². The Labute approximate surface area is 118 Å². The van der Waals surface area contributed by atoms with Crippen LogP contribution in [0.25, 0.3) is 0 Å². The van der Waals surface area contributed by atoms with Gasteiger partial charge in [0.2, 0.25) is 5.88 Å². The average Bonchev–Trinajstić information content (AvgIpc) is 2.87. The van der Waals surface area contributed by atoms with Crippen LogP contribution in [0.1, 0.15) is 11.1 Å². The van der Waals surface area contributed by atoms with Gasteiger partial charge >= 0.3 is 0 Å². The molecule has 1 aliphatic rings. The van der Waals surface area contributed by atoms with E-state index in [1.165, 1.54) is 11.1 Å². The van der Waals surface area contributed by atoms with Crippen molar-refractivity contribution in [2.24, 2.45) is 0 Å². The predicted molar refractivity (Wildman–Crippen MR) is 78.6 cm³/mol. The zero-order chi connectivity index (χ0) is 13.9. The lowest BCUT2D eigenvalue weighted by atomic mass is 10.1. The average molecular weight is 270 g/mol. The summed E-state index contributed by atoms with van der Waals surface area (Å²) in [6, 6.07) is 10.1. The summed E-state index contributed by atoms with van der Waals surface area (Å²) in [6.07, 6.45) is 2.90. The minimum Gasteiger partial charge on any atom is -0.488 e. The van der Waals surface area contributed by atoms with Gasteiger partial charge in [-0.15, -0.1) is 0 Å². The smallest absolute Gasteiger partial charge is 0.213 e. The van der Waals surface area contributed by atoms with E-state index in [4.69, 9.17) is 9.47 Å². The van der Waals surface area contributed by atoms with Crippen LogP contribution in [0.4, 0.5) is 5.69 Å². The summed E-state index contributed by atoms with van der Waals surface area (Å²) in [5.41, 5.74) is 3.55. The molecular weight excluding hydrogens is 252 g/mol. The standard InChI is InChI=1S/C16H18N2O2/c1-11-3-5-15-12(7-11)8-14(20-15)10-17-13-4-6-16(19-2)18-9-13/h3-7,9,14,17H,8,10H2,1-2H3. The third-order valence-electron chi connectivity index (χ3n) is 3.44. The highest BCUT2D eigenvalue weighted by atomic mass is 16.5. The number of hydrogen-bond donors (Lipinski definition) is 1. The third kappa shape index (κ3) is 2.69. The molecule has 1 aromatic carbocycles. The molecule has 1 aromatic heterocycles. The molecule has 3 rings (SSSR count). The first-order valence-corrected chi connectivity index (χ1v) is 6.75. The molecule has 0 fully saturated rings. The Morgan fingerprint density at radius 1 is 1.35 bits per heavy atom. The number of aryl methyl sites for hydroxylation is 1. The first kappa shape index (κ1) is 12.8.